The highest BCUT2D eigenvalue weighted by atomic mass is 35.5. The molecular formula is C23H18ClN3O3. The zero-order valence-electron chi connectivity index (χ0n) is 16.3. The lowest BCUT2D eigenvalue weighted by Crippen LogP contribution is -2.22. The number of phenolic OH excluding ortho intramolecular Hbond substituents is 1. The summed E-state index contributed by atoms with van der Waals surface area (Å²) in [5, 5.41) is 13.8. The number of nitrogens with zero attached hydrogens (tertiary/aromatic N) is 2. The highest BCUT2D eigenvalue weighted by Gasteiger charge is 2.14. The van der Waals surface area contributed by atoms with Crippen molar-refractivity contribution in [2.24, 2.45) is 4.99 Å². The monoisotopic (exact) mass is 419 g/mol. The van der Waals surface area contributed by atoms with Gasteiger partial charge in [-0.05, 0) is 67.4 Å². The van der Waals surface area contributed by atoms with Crippen LogP contribution in [0.15, 0.2) is 70.2 Å². The molecule has 2 aromatic heterocycles. The average Bonchev–Trinajstić information content (AvgIpc) is 2.71. The molecule has 0 atom stereocenters. The zero-order valence-corrected chi connectivity index (χ0v) is 17.1. The first kappa shape index (κ1) is 19.7. The molecule has 0 aliphatic rings. The Morgan fingerprint density at radius 1 is 1.10 bits per heavy atom. The topological polar surface area (TPSA) is 87.7 Å². The number of halogens is 1. The van der Waals surface area contributed by atoms with Crippen molar-refractivity contribution in [3.05, 3.63) is 88.1 Å². The van der Waals surface area contributed by atoms with Crippen molar-refractivity contribution in [3.63, 3.8) is 0 Å². The van der Waals surface area contributed by atoms with E-state index in [-0.39, 0.29) is 16.9 Å². The van der Waals surface area contributed by atoms with Gasteiger partial charge in [-0.3, -0.25) is 4.79 Å². The van der Waals surface area contributed by atoms with Crippen molar-refractivity contribution in [2.75, 3.05) is 5.32 Å². The number of carbonyl (C=O) groups is 1. The number of hydrogen-bond donors (Lipinski definition) is 2. The maximum atomic E-state index is 13.0. The molecule has 2 heterocycles. The van der Waals surface area contributed by atoms with Crippen LogP contribution >= 0.6 is 11.6 Å². The fourth-order valence-corrected chi connectivity index (χ4v) is 3.16. The van der Waals surface area contributed by atoms with Crippen LogP contribution in [0.25, 0.3) is 11.0 Å². The van der Waals surface area contributed by atoms with Gasteiger partial charge in [0.25, 0.3) is 5.91 Å². The maximum absolute atomic E-state index is 13.0. The number of aryl methyl sites for hydroxylation is 2. The fraction of sp³-hybridized carbons (Fsp3) is 0.0870. The fourth-order valence-electron chi connectivity index (χ4n) is 2.93. The molecule has 0 aliphatic heterocycles. The third kappa shape index (κ3) is 4.18. The van der Waals surface area contributed by atoms with E-state index in [2.05, 4.69) is 15.3 Å². The molecule has 6 nitrogen and oxygen atoms in total. The Morgan fingerprint density at radius 2 is 1.93 bits per heavy atom. The second-order valence-corrected chi connectivity index (χ2v) is 7.34. The van der Waals surface area contributed by atoms with Gasteiger partial charge in [0, 0.05) is 22.7 Å². The minimum atomic E-state index is -0.407. The minimum absolute atomic E-state index is 0.0564. The quantitative estimate of drug-likeness (QED) is 0.472. The minimum Gasteiger partial charge on any atom is -0.508 e. The maximum Gasteiger partial charge on any atom is 0.262 e. The van der Waals surface area contributed by atoms with Crippen LogP contribution in [0.1, 0.15) is 21.5 Å². The Bertz CT molecular complexity index is 1330. The molecule has 2 N–H and O–H groups in total. The molecule has 0 saturated carbocycles. The molecule has 0 bridgehead atoms. The second kappa shape index (κ2) is 8.00. The predicted molar refractivity (Wildman–Crippen MR) is 116 cm³/mol. The molecule has 0 saturated heterocycles. The van der Waals surface area contributed by atoms with Crippen LogP contribution in [0.5, 0.6) is 5.75 Å². The molecule has 1 amide bonds. The third-order valence-corrected chi connectivity index (χ3v) is 4.75. The first-order valence-corrected chi connectivity index (χ1v) is 9.58. The van der Waals surface area contributed by atoms with Gasteiger partial charge in [-0.15, -0.1) is 0 Å². The van der Waals surface area contributed by atoms with E-state index in [1.807, 2.05) is 19.9 Å². The van der Waals surface area contributed by atoms with Crippen molar-refractivity contribution in [1.82, 2.24) is 4.98 Å². The summed E-state index contributed by atoms with van der Waals surface area (Å²) in [5.41, 5.74) is 3.20. The second-order valence-electron chi connectivity index (χ2n) is 6.90. The molecular weight excluding hydrogens is 402 g/mol. The Kier molecular flexibility index (Phi) is 5.25. The Hall–Kier alpha value is -3.64. The van der Waals surface area contributed by atoms with Crippen LogP contribution in [0, 0.1) is 13.8 Å². The number of pyridine rings is 1. The molecule has 0 aliphatic carbocycles. The number of rotatable bonds is 3. The third-order valence-electron chi connectivity index (χ3n) is 4.51. The molecule has 7 heteroatoms. The van der Waals surface area contributed by atoms with E-state index in [4.69, 9.17) is 16.0 Å². The van der Waals surface area contributed by atoms with Gasteiger partial charge in [0.05, 0.1) is 5.69 Å². The van der Waals surface area contributed by atoms with Gasteiger partial charge in [0.1, 0.15) is 22.7 Å². The van der Waals surface area contributed by atoms with E-state index >= 15 is 0 Å². The number of phenols is 1. The van der Waals surface area contributed by atoms with E-state index in [1.165, 1.54) is 12.1 Å². The summed E-state index contributed by atoms with van der Waals surface area (Å²) >= 11 is 6.03. The van der Waals surface area contributed by atoms with Crippen molar-refractivity contribution in [1.29, 1.82) is 0 Å². The number of amides is 1. The van der Waals surface area contributed by atoms with Crippen LogP contribution in [0.3, 0.4) is 0 Å². The summed E-state index contributed by atoms with van der Waals surface area (Å²) in [6, 6.07) is 15.2. The van der Waals surface area contributed by atoms with Crippen LogP contribution in [0.4, 0.5) is 11.5 Å². The lowest BCUT2D eigenvalue weighted by Gasteiger charge is -2.07. The van der Waals surface area contributed by atoms with Crippen molar-refractivity contribution in [3.8, 4) is 5.75 Å². The largest absolute Gasteiger partial charge is 0.508 e. The zero-order chi connectivity index (χ0) is 21.3. The first-order chi connectivity index (χ1) is 14.4. The van der Waals surface area contributed by atoms with Crippen LogP contribution < -0.4 is 10.9 Å². The standard InChI is InChI=1S/C23H18ClN3O3/c1-13-3-8-21(25-12-13)27-22(29)18-10-15-4-6-17(28)11-20(15)30-23(18)26-19-7-5-16(24)9-14(19)2/h3-12,28H,1-2H3,(H,25,27,29). The Balaban J connectivity index is 1.86. The highest BCUT2D eigenvalue weighted by molar-refractivity contribution is 6.30. The predicted octanol–water partition coefficient (Wildman–Crippen LogP) is 5.29. The lowest BCUT2D eigenvalue weighted by molar-refractivity contribution is 0.102. The Labute approximate surface area is 177 Å². The van der Waals surface area contributed by atoms with E-state index < -0.39 is 5.91 Å². The summed E-state index contributed by atoms with van der Waals surface area (Å²) < 4.78 is 5.90. The van der Waals surface area contributed by atoms with E-state index in [9.17, 15) is 9.90 Å². The van der Waals surface area contributed by atoms with Gasteiger partial charge in [0.2, 0.25) is 5.55 Å². The molecule has 2 aromatic carbocycles. The number of benzene rings is 2. The summed E-state index contributed by atoms with van der Waals surface area (Å²) in [4.78, 5) is 21.8. The van der Waals surface area contributed by atoms with Gasteiger partial charge < -0.3 is 14.8 Å². The molecule has 4 rings (SSSR count). The summed E-state index contributed by atoms with van der Waals surface area (Å²) in [6.45, 7) is 3.79. The number of aromatic hydroxyl groups is 1. The SMILES string of the molecule is Cc1ccc(NC(=O)c2cc3ccc(O)cc3oc2=Nc2ccc(Cl)cc2C)nc1. The number of anilines is 1. The first-order valence-electron chi connectivity index (χ1n) is 9.21. The number of hydrogen-bond acceptors (Lipinski definition) is 5. The van der Waals surface area contributed by atoms with Crippen LogP contribution in [-0.2, 0) is 0 Å². The summed E-state index contributed by atoms with van der Waals surface area (Å²) in [5.74, 6) is 0.0707. The molecule has 0 unspecified atom stereocenters. The molecule has 150 valence electrons. The highest BCUT2D eigenvalue weighted by Crippen LogP contribution is 2.23. The lowest BCUT2D eigenvalue weighted by atomic mass is 10.1. The number of fused-ring (bicyclic) bond motifs is 1. The van der Waals surface area contributed by atoms with E-state index in [0.717, 1.165) is 11.1 Å². The summed E-state index contributed by atoms with van der Waals surface area (Å²) in [6.07, 6.45) is 1.67. The summed E-state index contributed by atoms with van der Waals surface area (Å²) in [7, 11) is 0. The van der Waals surface area contributed by atoms with Gasteiger partial charge in [-0.1, -0.05) is 17.7 Å². The Morgan fingerprint density at radius 3 is 2.67 bits per heavy atom. The molecule has 30 heavy (non-hydrogen) atoms. The average molecular weight is 420 g/mol. The van der Waals surface area contributed by atoms with Gasteiger partial charge in [-0.2, -0.15) is 0 Å². The molecule has 0 radical (unpaired) electrons. The molecule has 4 aromatic rings. The van der Waals surface area contributed by atoms with Gasteiger partial charge in [-0.25, -0.2) is 9.98 Å². The van der Waals surface area contributed by atoms with Crippen LogP contribution in [0.2, 0.25) is 5.02 Å². The molecule has 0 fully saturated rings. The van der Waals surface area contributed by atoms with Crippen molar-refractivity contribution < 1.29 is 14.3 Å². The number of aromatic nitrogens is 1. The van der Waals surface area contributed by atoms with Gasteiger partial charge >= 0.3 is 0 Å². The van der Waals surface area contributed by atoms with Crippen molar-refractivity contribution in [2.45, 2.75) is 13.8 Å². The van der Waals surface area contributed by atoms with E-state index in [0.29, 0.717) is 27.5 Å². The smallest absolute Gasteiger partial charge is 0.262 e. The van der Waals surface area contributed by atoms with Crippen molar-refractivity contribution >= 4 is 40.0 Å². The molecule has 0 spiro atoms. The number of carbonyl (C=O) groups excluding carboxylic acids is 1. The number of nitrogens with one attached hydrogen (secondary N) is 1. The van der Waals surface area contributed by atoms with Gasteiger partial charge in [0.15, 0.2) is 0 Å². The van der Waals surface area contributed by atoms with E-state index in [1.54, 1.807) is 42.6 Å². The normalized spacial score (nSPS) is 11.6. The van der Waals surface area contributed by atoms with Crippen LogP contribution in [-0.4, -0.2) is 16.0 Å².